The maximum absolute atomic E-state index is 11.3. The van der Waals surface area contributed by atoms with Crippen LogP contribution in [0.5, 0.6) is 0 Å². The lowest BCUT2D eigenvalue weighted by atomic mass is 10.0. The number of aryl methyl sites for hydroxylation is 1. The summed E-state index contributed by atoms with van der Waals surface area (Å²) < 4.78 is 0. The lowest BCUT2D eigenvalue weighted by Crippen LogP contribution is -2.01. The summed E-state index contributed by atoms with van der Waals surface area (Å²) in [5, 5.41) is 9.28. The highest BCUT2D eigenvalue weighted by molar-refractivity contribution is 5.94. The third kappa shape index (κ3) is 7.49. The van der Waals surface area contributed by atoms with Crippen molar-refractivity contribution >= 4 is 5.97 Å². The molecule has 146 valence electrons. The number of carboxylic acids is 1. The molecule has 0 spiro atoms. The van der Waals surface area contributed by atoms with Crippen LogP contribution in [-0.2, 0) is 6.42 Å². The summed E-state index contributed by atoms with van der Waals surface area (Å²) in [6.07, 6.45) is 17.9. The van der Waals surface area contributed by atoms with E-state index in [4.69, 9.17) is 0 Å². The maximum atomic E-state index is 11.3. The highest BCUT2D eigenvalue weighted by atomic mass is 16.4. The smallest absolute Gasteiger partial charge is 0.336 e. The highest BCUT2D eigenvalue weighted by Gasteiger charge is 2.12. The van der Waals surface area contributed by atoms with Crippen LogP contribution < -0.4 is 0 Å². The first kappa shape index (κ1) is 21.1. The number of benzene rings is 1. The molecular weight excluding hydrogens is 336 g/mol. The number of nitrogens with zero attached hydrogens (tertiary/aromatic N) is 2. The van der Waals surface area contributed by atoms with E-state index in [1.807, 2.05) is 18.5 Å². The van der Waals surface area contributed by atoms with Gasteiger partial charge >= 0.3 is 5.97 Å². The second-order valence-corrected chi connectivity index (χ2v) is 7.20. The Balaban J connectivity index is 1.69. The molecule has 1 aromatic carbocycles. The molecule has 27 heavy (non-hydrogen) atoms. The molecule has 1 heterocycles. The van der Waals surface area contributed by atoms with E-state index >= 15 is 0 Å². The number of aromatic nitrogens is 2. The molecule has 2 aromatic rings. The first-order valence-corrected chi connectivity index (χ1v) is 10.4. The van der Waals surface area contributed by atoms with Gasteiger partial charge in [0.05, 0.1) is 5.56 Å². The maximum Gasteiger partial charge on any atom is 0.336 e. The zero-order valence-electron chi connectivity index (χ0n) is 16.5. The second kappa shape index (κ2) is 12.2. The minimum atomic E-state index is -0.955. The van der Waals surface area contributed by atoms with E-state index in [9.17, 15) is 9.90 Å². The third-order valence-corrected chi connectivity index (χ3v) is 4.92. The minimum absolute atomic E-state index is 0.236. The Morgan fingerprint density at radius 1 is 0.852 bits per heavy atom. The normalized spacial score (nSPS) is 10.9. The molecule has 1 aromatic heterocycles. The van der Waals surface area contributed by atoms with E-state index < -0.39 is 5.97 Å². The summed E-state index contributed by atoms with van der Waals surface area (Å²) >= 11 is 0. The van der Waals surface area contributed by atoms with Crippen LogP contribution in [0.1, 0.15) is 87.1 Å². The van der Waals surface area contributed by atoms with Crippen LogP contribution in [0.2, 0.25) is 0 Å². The van der Waals surface area contributed by atoms with Gasteiger partial charge in [0.1, 0.15) is 0 Å². The van der Waals surface area contributed by atoms with Gasteiger partial charge < -0.3 is 5.11 Å². The lowest BCUT2D eigenvalue weighted by molar-refractivity contribution is 0.0697. The van der Waals surface area contributed by atoms with Crippen LogP contribution in [0.3, 0.4) is 0 Å². The summed E-state index contributed by atoms with van der Waals surface area (Å²) in [4.78, 5) is 20.1. The van der Waals surface area contributed by atoms with E-state index in [1.54, 1.807) is 18.2 Å². The Hall–Kier alpha value is -2.23. The molecule has 0 saturated carbocycles. The van der Waals surface area contributed by atoms with Crippen LogP contribution in [0, 0.1) is 0 Å². The Labute approximate surface area is 163 Å². The van der Waals surface area contributed by atoms with Crippen molar-refractivity contribution in [3.05, 3.63) is 47.8 Å². The van der Waals surface area contributed by atoms with Crippen molar-refractivity contribution in [2.24, 2.45) is 0 Å². The van der Waals surface area contributed by atoms with Crippen LogP contribution in [-0.4, -0.2) is 21.0 Å². The molecule has 0 fully saturated rings. The molecule has 1 N–H and O–H groups in total. The van der Waals surface area contributed by atoms with Crippen molar-refractivity contribution in [3.63, 3.8) is 0 Å². The van der Waals surface area contributed by atoms with Crippen LogP contribution in [0.25, 0.3) is 11.4 Å². The first-order chi connectivity index (χ1) is 13.2. The minimum Gasteiger partial charge on any atom is -0.478 e. The molecule has 0 amide bonds. The number of hydrogen-bond acceptors (Lipinski definition) is 3. The fourth-order valence-electron chi connectivity index (χ4n) is 3.30. The van der Waals surface area contributed by atoms with Crippen LogP contribution >= 0.6 is 0 Å². The van der Waals surface area contributed by atoms with Gasteiger partial charge in [0.25, 0.3) is 0 Å². The Morgan fingerprint density at radius 3 is 2.00 bits per heavy atom. The molecule has 0 saturated heterocycles. The van der Waals surface area contributed by atoms with Gasteiger partial charge in [-0.1, -0.05) is 82.9 Å². The van der Waals surface area contributed by atoms with Crippen molar-refractivity contribution in [3.8, 4) is 11.4 Å². The predicted octanol–water partition coefficient (Wildman–Crippen LogP) is 6.31. The zero-order valence-corrected chi connectivity index (χ0v) is 16.5. The molecular formula is C23H32N2O2. The van der Waals surface area contributed by atoms with Gasteiger partial charge in [-0.25, -0.2) is 14.8 Å². The van der Waals surface area contributed by atoms with Crippen molar-refractivity contribution in [2.75, 3.05) is 0 Å². The quantitative estimate of drug-likeness (QED) is 0.421. The Kier molecular flexibility index (Phi) is 9.53. The first-order valence-electron chi connectivity index (χ1n) is 10.4. The second-order valence-electron chi connectivity index (χ2n) is 7.20. The number of carbonyl (C=O) groups is 1. The Bertz CT molecular complexity index is 683. The monoisotopic (exact) mass is 368 g/mol. The summed E-state index contributed by atoms with van der Waals surface area (Å²) in [5.41, 5.74) is 1.92. The lowest BCUT2D eigenvalue weighted by Gasteiger charge is -2.06. The van der Waals surface area contributed by atoms with Gasteiger partial charge in [-0.15, -0.1) is 0 Å². The summed E-state index contributed by atoms with van der Waals surface area (Å²) in [5.74, 6) is -0.483. The van der Waals surface area contributed by atoms with Crippen LogP contribution in [0.15, 0.2) is 36.7 Å². The van der Waals surface area contributed by atoms with Gasteiger partial charge in [0.15, 0.2) is 5.82 Å². The molecule has 0 unspecified atom stereocenters. The summed E-state index contributed by atoms with van der Waals surface area (Å²) in [6.45, 7) is 2.26. The molecule has 0 aliphatic rings. The van der Waals surface area contributed by atoms with E-state index in [-0.39, 0.29) is 5.56 Å². The molecule has 0 bridgehead atoms. The highest BCUT2D eigenvalue weighted by Crippen LogP contribution is 2.20. The Morgan fingerprint density at radius 2 is 1.41 bits per heavy atom. The van der Waals surface area contributed by atoms with Crippen molar-refractivity contribution < 1.29 is 9.90 Å². The molecule has 4 heteroatoms. The average molecular weight is 369 g/mol. The zero-order chi connectivity index (χ0) is 19.3. The van der Waals surface area contributed by atoms with E-state index in [2.05, 4.69) is 16.9 Å². The fraction of sp³-hybridized carbons (Fsp3) is 0.522. The van der Waals surface area contributed by atoms with E-state index in [1.165, 1.54) is 57.8 Å². The fourth-order valence-corrected chi connectivity index (χ4v) is 3.30. The molecule has 4 nitrogen and oxygen atoms in total. The number of aromatic carboxylic acids is 1. The average Bonchev–Trinajstić information content (AvgIpc) is 2.70. The third-order valence-electron chi connectivity index (χ3n) is 4.92. The van der Waals surface area contributed by atoms with Crippen molar-refractivity contribution in [1.29, 1.82) is 0 Å². The molecule has 0 aliphatic heterocycles. The molecule has 0 radical (unpaired) electrons. The van der Waals surface area contributed by atoms with Gasteiger partial charge in [-0.3, -0.25) is 0 Å². The summed E-state index contributed by atoms with van der Waals surface area (Å²) in [6, 6.07) is 6.86. The van der Waals surface area contributed by atoms with Gasteiger partial charge in [-0.2, -0.15) is 0 Å². The largest absolute Gasteiger partial charge is 0.478 e. The van der Waals surface area contributed by atoms with Crippen molar-refractivity contribution in [1.82, 2.24) is 9.97 Å². The van der Waals surface area contributed by atoms with Gasteiger partial charge in [-0.05, 0) is 24.5 Å². The predicted molar refractivity (Wildman–Crippen MR) is 110 cm³/mol. The number of carboxylic acid groups (broad SMARTS) is 1. The van der Waals surface area contributed by atoms with Gasteiger partial charge in [0, 0.05) is 18.0 Å². The molecule has 2 rings (SSSR count). The standard InChI is InChI=1S/C23H32N2O2/c1-2-3-4-5-6-7-8-9-10-11-14-19-17-24-22(25-18-19)20-15-12-13-16-21(20)23(26)27/h12-13,15-18H,2-11,14H2,1H3,(H,26,27). The topological polar surface area (TPSA) is 63.1 Å². The molecule has 0 atom stereocenters. The van der Waals surface area contributed by atoms with Gasteiger partial charge in [0.2, 0.25) is 0 Å². The molecule has 0 aliphatic carbocycles. The van der Waals surface area contributed by atoms with E-state index in [0.29, 0.717) is 11.4 Å². The van der Waals surface area contributed by atoms with Crippen molar-refractivity contribution in [2.45, 2.75) is 77.6 Å². The van der Waals surface area contributed by atoms with Crippen LogP contribution in [0.4, 0.5) is 0 Å². The number of hydrogen-bond donors (Lipinski definition) is 1. The van der Waals surface area contributed by atoms with E-state index in [0.717, 1.165) is 18.4 Å². The number of unbranched alkanes of at least 4 members (excludes halogenated alkanes) is 9. The number of rotatable bonds is 13. The summed E-state index contributed by atoms with van der Waals surface area (Å²) in [7, 11) is 0. The SMILES string of the molecule is CCCCCCCCCCCCc1cnc(-c2ccccc2C(=O)O)nc1.